The lowest BCUT2D eigenvalue weighted by Crippen LogP contribution is -2.38. The lowest BCUT2D eigenvalue weighted by Gasteiger charge is -2.22. The second kappa shape index (κ2) is 7.85. The predicted octanol–water partition coefficient (Wildman–Crippen LogP) is 2.87. The third-order valence-electron chi connectivity index (χ3n) is 4.48. The van der Waals surface area contributed by atoms with Gasteiger partial charge in [0.2, 0.25) is 5.91 Å². The molecule has 0 spiro atoms. The van der Waals surface area contributed by atoms with Gasteiger partial charge in [-0.15, -0.1) is 0 Å². The van der Waals surface area contributed by atoms with Crippen LogP contribution in [0.4, 0.5) is 5.82 Å². The maximum absolute atomic E-state index is 12.2. The van der Waals surface area contributed by atoms with Crippen molar-refractivity contribution in [2.45, 2.75) is 25.4 Å². The van der Waals surface area contributed by atoms with E-state index in [9.17, 15) is 4.79 Å². The molecule has 1 aliphatic heterocycles. The molecule has 0 radical (unpaired) electrons. The Hall–Kier alpha value is -1.79. The Morgan fingerprint density at radius 2 is 2.21 bits per heavy atom. The number of hydrogen-bond donors (Lipinski definition) is 1. The Morgan fingerprint density at radius 3 is 2.92 bits per heavy atom. The zero-order chi connectivity index (χ0) is 16.9. The number of carbonyl (C=O) groups excluding carboxylic acids is 1. The average molecular weight is 344 g/mol. The molecular formula is C18H24N4OS. The summed E-state index contributed by atoms with van der Waals surface area (Å²) in [5.74, 6) is 2.91. The Kier molecular flexibility index (Phi) is 5.58. The van der Waals surface area contributed by atoms with Gasteiger partial charge < -0.3 is 5.32 Å². The number of likely N-dealkylation sites (N-methyl/N-ethyl adjacent to an activating group) is 1. The van der Waals surface area contributed by atoms with Gasteiger partial charge in [-0.05, 0) is 31.7 Å². The number of benzene rings is 1. The largest absolute Gasteiger partial charge is 0.308 e. The number of anilines is 1. The Morgan fingerprint density at radius 1 is 1.42 bits per heavy atom. The van der Waals surface area contributed by atoms with Gasteiger partial charge in [0.15, 0.2) is 5.82 Å². The van der Waals surface area contributed by atoms with Crippen molar-refractivity contribution in [2.75, 3.05) is 30.4 Å². The molecule has 3 rings (SSSR count). The van der Waals surface area contributed by atoms with E-state index in [2.05, 4.69) is 34.4 Å². The second-order valence-electron chi connectivity index (χ2n) is 6.25. The fourth-order valence-corrected chi connectivity index (χ4v) is 4.21. The fraction of sp³-hybridized carbons (Fsp3) is 0.444. The third kappa shape index (κ3) is 4.19. The van der Waals surface area contributed by atoms with Gasteiger partial charge >= 0.3 is 0 Å². The zero-order valence-electron chi connectivity index (χ0n) is 14.2. The van der Waals surface area contributed by atoms with Gasteiger partial charge in [0.25, 0.3) is 0 Å². The number of aromatic nitrogens is 2. The van der Waals surface area contributed by atoms with Crippen LogP contribution in [-0.4, -0.2) is 51.7 Å². The average Bonchev–Trinajstić information content (AvgIpc) is 3.26. The first-order valence-corrected chi connectivity index (χ1v) is 9.47. The van der Waals surface area contributed by atoms with Crippen molar-refractivity contribution in [1.29, 1.82) is 0 Å². The molecule has 1 aromatic carbocycles. The van der Waals surface area contributed by atoms with Crippen LogP contribution < -0.4 is 5.32 Å². The van der Waals surface area contributed by atoms with Crippen molar-refractivity contribution in [1.82, 2.24) is 14.7 Å². The topological polar surface area (TPSA) is 50.2 Å². The summed E-state index contributed by atoms with van der Waals surface area (Å²) in [7, 11) is 2.02. The van der Waals surface area contributed by atoms with Gasteiger partial charge in [0, 0.05) is 24.1 Å². The van der Waals surface area contributed by atoms with E-state index in [1.54, 1.807) is 0 Å². The van der Waals surface area contributed by atoms with Crippen LogP contribution in [0.15, 0.2) is 42.6 Å². The molecular weight excluding hydrogens is 320 g/mol. The Balaban J connectivity index is 1.56. The van der Waals surface area contributed by atoms with E-state index in [4.69, 9.17) is 0 Å². The molecule has 0 unspecified atom stereocenters. The first-order chi connectivity index (χ1) is 11.6. The van der Waals surface area contributed by atoms with Crippen LogP contribution in [0.1, 0.15) is 24.9 Å². The lowest BCUT2D eigenvalue weighted by atomic mass is 10.1. The number of rotatable bonds is 6. The molecule has 1 fully saturated rings. The second-order valence-corrected chi connectivity index (χ2v) is 7.40. The van der Waals surface area contributed by atoms with Crippen molar-refractivity contribution < 1.29 is 4.79 Å². The Bertz CT molecular complexity index is 667. The molecule has 1 N–H and O–H groups in total. The summed E-state index contributed by atoms with van der Waals surface area (Å²) < 4.78 is 1.88. The molecule has 2 heterocycles. The van der Waals surface area contributed by atoms with Gasteiger partial charge in [-0.25, -0.2) is 0 Å². The van der Waals surface area contributed by atoms with Crippen LogP contribution >= 0.6 is 11.8 Å². The summed E-state index contributed by atoms with van der Waals surface area (Å²) >= 11 is 1.96. The highest BCUT2D eigenvalue weighted by molar-refractivity contribution is 7.99. The van der Waals surface area contributed by atoms with Gasteiger partial charge in [0.05, 0.1) is 12.6 Å². The van der Waals surface area contributed by atoms with E-state index < -0.39 is 0 Å². The molecule has 0 bridgehead atoms. The number of carbonyl (C=O) groups is 1. The molecule has 1 amide bonds. The number of nitrogens with zero attached hydrogens (tertiary/aromatic N) is 3. The molecule has 1 saturated heterocycles. The molecule has 2 aromatic rings. The minimum Gasteiger partial charge on any atom is -0.308 e. The minimum absolute atomic E-state index is 0.00739. The molecule has 128 valence electrons. The van der Waals surface area contributed by atoms with E-state index in [1.807, 2.05) is 54.0 Å². The minimum atomic E-state index is -0.00739. The highest BCUT2D eigenvalue weighted by Crippen LogP contribution is 2.21. The molecule has 0 saturated carbocycles. The lowest BCUT2D eigenvalue weighted by molar-refractivity contribution is -0.117. The highest BCUT2D eigenvalue weighted by Gasteiger charge is 2.21. The molecule has 0 aliphatic carbocycles. The van der Waals surface area contributed by atoms with Crippen molar-refractivity contribution in [3.63, 3.8) is 0 Å². The van der Waals surface area contributed by atoms with Crippen molar-refractivity contribution in [3.8, 4) is 0 Å². The van der Waals surface area contributed by atoms with Crippen molar-refractivity contribution in [2.24, 2.45) is 0 Å². The normalized spacial score (nSPS) is 18.7. The van der Waals surface area contributed by atoms with Crippen LogP contribution in [0.5, 0.6) is 0 Å². The standard InChI is InChI=1S/C18H24N4OS/c1-14(15-6-4-3-5-7-15)22-10-8-17(20-22)19-18(23)12-21(2)16-9-11-24-13-16/h3-8,10,14,16H,9,11-13H2,1-2H3,(H,19,20,23)/t14-,16-/m1/s1. The van der Waals surface area contributed by atoms with Gasteiger partial charge in [-0.1, -0.05) is 30.3 Å². The third-order valence-corrected chi connectivity index (χ3v) is 5.62. The van der Waals surface area contributed by atoms with Crippen molar-refractivity contribution >= 4 is 23.5 Å². The molecule has 5 nitrogen and oxygen atoms in total. The van der Waals surface area contributed by atoms with Crippen LogP contribution in [0, 0.1) is 0 Å². The van der Waals surface area contributed by atoms with E-state index in [1.165, 1.54) is 11.3 Å². The predicted molar refractivity (Wildman–Crippen MR) is 99.5 cm³/mol. The maximum atomic E-state index is 12.2. The number of nitrogens with one attached hydrogen (secondary N) is 1. The van der Waals surface area contributed by atoms with Crippen LogP contribution in [0.3, 0.4) is 0 Å². The van der Waals surface area contributed by atoms with Crippen molar-refractivity contribution in [3.05, 3.63) is 48.2 Å². The quantitative estimate of drug-likeness (QED) is 0.875. The number of amides is 1. The van der Waals surface area contributed by atoms with Crippen LogP contribution in [0.2, 0.25) is 0 Å². The van der Waals surface area contributed by atoms with E-state index >= 15 is 0 Å². The van der Waals surface area contributed by atoms with Gasteiger partial charge in [0.1, 0.15) is 0 Å². The monoisotopic (exact) mass is 344 g/mol. The van der Waals surface area contributed by atoms with Gasteiger partial charge in [-0.2, -0.15) is 16.9 Å². The summed E-state index contributed by atoms with van der Waals surface area (Å²) in [5.41, 5.74) is 1.19. The molecule has 24 heavy (non-hydrogen) atoms. The summed E-state index contributed by atoms with van der Waals surface area (Å²) in [6.45, 7) is 2.51. The molecule has 1 aromatic heterocycles. The molecule has 1 aliphatic rings. The molecule has 6 heteroatoms. The Labute approximate surface area is 147 Å². The van der Waals surface area contributed by atoms with E-state index in [0.29, 0.717) is 18.4 Å². The SMILES string of the molecule is C[C@H](c1ccccc1)n1ccc(NC(=O)CN(C)[C@@H]2CCSC2)n1. The number of hydrogen-bond acceptors (Lipinski definition) is 4. The smallest absolute Gasteiger partial charge is 0.239 e. The van der Waals surface area contributed by atoms with Gasteiger partial charge in [-0.3, -0.25) is 14.4 Å². The zero-order valence-corrected chi connectivity index (χ0v) is 15.0. The fourth-order valence-electron chi connectivity index (χ4n) is 2.91. The van der Waals surface area contributed by atoms with E-state index in [-0.39, 0.29) is 11.9 Å². The summed E-state index contributed by atoms with van der Waals surface area (Å²) in [4.78, 5) is 14.4. The van der Waals surface area contributed by atoms with E-state index in [0.717, 1.165) is 12.2 Å². The summed E-state index contributed by atoms with van der Waals surface area (Å²) in [6.07, 6.45) is 3.07. The summed E-state index contributed by atoms with van der Waals surface area (Å²) in [5, 5.41) is 7.40. The first kappa shape index (κ1) is 17.0. The number of thioether (sulfide) groups is 1. The van der Waals surface area contributed by atoms with Crippen LogP contribution in [0.25, 0.3) is 0 Å². The molecule has 2 atom stereocenters. The first-order valence-electron chi connectivity index (χ1n) is 8.31. The maximum Gasteiger partial charge on any atom is 0.239 e. The van der Waals surface area contributed by atoms with Crippen LogP contribution in [-0.2, 0) is 4.79 Å². The summed E-state index contributed by atoms with van der Waals surface area (Å²) in [6, 6.07) is 12.7. The highest BCUT2D eigenvalue weighted by atomic mass is 32.2.